The van der Waals surface area contributed by atoms with E-state index in [1.54, 1.807) is 19.1 Å². The molecule has 0 fully saturated rings. The Morgan fingerprint density at radius 3 is 1.75 bits per heavy atom. The fraction of sp³-hybridized carbons (Fsp3) is 0.222. The molecule has 0 aliphatic carbocycles. The smallest absolute Gasteiger partial charge is 0.155 e. The molecular weight excluding hydrogens is 156 g/mol. The average molecular weight is 166 g/mol. The zero-order chi connectivity index (χ0) is 9.45. The normalized spacial score (nSPS) is 12.1. The van der Waals surface area contributed by atoms with Crippen molar-refractivity contribution in [1.82, 2.24) is 0 Å². The first-order valence-electron chi connectivity index (χ1n) is 3.44. The number of carbonyl (C=O) groups excluding carboxylic acids is 3. The first-order chi connectivity index (χ1) is 5.74. The van der Waals surface area contributed by atoms with Gasteiger partial charge in [0, 0.05) is 0 Å². The molecule has 3 heteroatoms. The van der Waals surface area contributed by atoms with Crippen LogP contribution in [0.2, 0.25) is 0 Å². The predicted molar refractivity (Wildman–Crippen MR) is 44.6 cm³/mol. The molecule has 0 heterocycles. The summed E-state index contributed by atoms with van der Waals surface area (Å²) in [7, 11) is 0. The predicted octanol–water partition coefficient (Wildman–Crippen LogP) is 0.702. The van der Waals surface area contributed by atoms with Gasteiger partial charge in [0.15, 0.2) is 5.41 Å². The minimum absolute atomic E-state index is 0.312. The van der Waals surface area contributed by atoms with Crippen LogP contribution in [0, 0.1) is 5.41 Å². The number of rotatable bonds is 5. The van der Waals surface area contributed by atoms with Crippen molar-refractivity contribution in [3.63, 3.8) is 0 Å². The maximum atomic E-state index is 10.3. The fourth-order valence-electron chi connectivity index (χ4n) is 0.535. The van der Waals surface area contributed by atoms with Crippen molar-refractivity contribution in [1.29, 1.82) is 0 Å². The van der Waals surface area contributed by atoms with Gasteiger partial charge in [-0.1, -0.05) is 24.3 Å². The Hall–Kier alpha value is -1.51. The topological polar surface area (TPSA) is 51.2 Å². The van der Waals surface area contributed by atoms with Crippen LogP contribution in [0.5, 0.6) is 0 Å². The third-order valence-electron chi connectivity index (χ3n) is 1.30. The zero-order valence-corrected chi connectivity index (χ0v) is 6.77. The summed E-state index contributed by atoms with van der Waals surface area (Å²) in [6.45, 7) is 1.79. The number of hydrogen-bond donors (Lipinski definition) is 0. The van der Waals surface area contributed by atoms with Gasteiger partial charge in [0.1, 0.15) is 18.9 Å². The molecule has 12 heavy (non-hydrogen) atoms. The minimum Gasteiger partial charge on any atom is -0.301 e. The molecule has 0 saturated heterocycles. The van der Waals surface area contributed by atoms with E-state index in [0.29, 0.717) is 18.9 Å². The Morgan fingerprint density at radius 2 is 1.42 bits per heavy atom. The second-order valence-electron chi connectivity index (χ2n) is 2.24. The number of allylic oxidation sites excluding steroid dienone is 4. The van der Waals surface area contributed by atoms with Gasteiger partial charge in [0.2, 0.25) is 0 Å². The SMILES string of the molecule is CC=CC=CC(C=O)(C=O)C=O. The summed E-state index contributed by atoms with van der Waals surface area (Å²) >= 11 is 0. The van der Waals surface area contributed by atoms with Gasteiger partial charge < -0.3 is 14.4 Å². The summed E-state index contributed by atoms with van der Waals surface area (Å²) in [5.41, 5.74) is -1.60. The first kappa shape index (κ1) is 10.5. The van der Waals surface area contributed by atoms with E-state index in [1.165, 1.54) is 12.2 Å². The van der Waals surface area contributed by atoms with Crippen LogP contribution in [0.4, 0.5) is 0 Å². The maximum absolute atomic E-state index is 10.3. The molecule has 0 amide bonds. The van der Waals surface area contributed by atoms with E-state index in [2.05, 4.69) is 0 Å². The van der Waals surface area contributed by atoms with Gasteiger partial charge in [-0.05, 0) is 6.92 Å². The lowest BCUT2D eigenvalue weighted by molar-refractivity contribution is -0.129. The van der Waals surface area contributed by atoms with E-state index in [4.69, 9.17) is 0 Å². The van der Waals surface area contributed by atoms with Crippen LogP contribution >= 0.6 is 0 Å². The number of carbonyl (C=O) groups is 3. The van der Waals surface area contributed by atoms with Gasteiger partial charge in [-0.25, -0.2) is 0 Å². The van der Waals surface area contributed by atoms with Crippen LogP contribution < -0.4 is 0 Å². The van der Waals surface area contributed by atoms with Crippen molar-refractivity contribution < 1.29 is 14.4 Å². The Labute approximate surface area is 70.8 Å². The molecule has 0 atom stereocenters. The summed E-state index contributed by atoms with van der Waals surface area (Å²) in [4.78, 5) is 31.0. The van der Waals surface area contributed by atoms with Crippen molar-refractivity contribution in [2.45, 2.75) is 6.92 Å². The summed E-state index contributed by atoms with van der Waals surface area (Å²) in [6, 6.07) is 0. The molecule has 0 aromatic carbocycles. The lowest BCUT2D eigenvalue weighted by Crippen LogP contribution is -2.23. The van der Waals surface area contributed by atoms with E-state index >= 15 is 0 Å². The largest absolute Gasteiger partial charge is 0.301 e. The van der Waals surface area contributed by atoms with Gasteiger partial charge in [0.25, 0.3) is 0 Å². The van der Waals surface area contributed by atoms with E-state index in [1.807, 2.05) is 0 Å². The molecule has 0 radical (unpaired) electrons. The second-order valence-corrected chi connectivity index (χ2v) is 2.24. The monoisotopic (exact) mass is 166 g/mol. The van der Waals surface area contributed by atoms with E-state index in [0.717, 1.165) is 0 Å². The van der Waals surface area contributed by atoms with E-state index in [-0.39, 0.29) is 0 Å². The highest BCUT2D eigenvalue weighted by Gasteiger charge is 2.24. The molecule has 0 aromatic rings. The minimum atomic E-state index is -1.60. The quantitative estimate of drug-likeness (QED) is 0.343. The zero-order valence-electron chi connectivity index (χ0n) is 6.77. The lowest BCUT2D eigenvalue weighted by Gasteiger charge is -2.04. The van der Waals surface area contributed by atoms with E-state index < -0.39 is 5.41 Å². The molecule has 0 spiro atoms. The highest BCUT2D eigenvalue weighted by Crippen LogP contribution is 2.07. The van der Waals surface area contributed by atoms with Crippen molar-refractivity contribution in [2.75, 3.05) is 0 Å². The Balaban J connectivity index is 4.61. The maximum Gasteiger partial charge on any atom is 0.155 e. The van der Waals surface area contributed by atoms with Crippen LogP contribution in [-0.4, -0.2) is 18.9 Å². The summed E-state index contributed by atoms with van der Waals surface area (Å²) in [5, 5.41) is 0. The standard InChI is InChI=1S/C9H10O3/c1-2-3-4-5-9(6-10,7-11)8-12/h2-8H,1H3. The average Bonchev–Trinajstić information content (AvgIpc) is 2.14. The van der Waals surface area contributed by atoms with E-state index in [9.17, 15) is 14.4 Å². The Morgan fingerprint density at radius 1 is 0.917 bits per heavy atom. The van der Waals surface area contributed by atoms with Crippen molar-refractivity contribution in [3.8, 4) is 0 Å². The fourth-order valence-corrected chi connectivity index (χ4v) is 0.535. The molecule has 0 N–H and O–H groups in total. The van der Waals surface area contributed by atoms with Crippen LogP contribution in [0.1, 0.15) is 6.92 Å². The number of hydrogen-bond acceptors (Lipinski definition) is 3. The van der Waals surface area contributed by atoms with Gasteiger partial charge in [-0.3, -0.25) is 0 Å². The molecule has 0 aromatic heterocycles. The van der Waals surface area contributed by atoms with Gasteiger partial charge >= 0.3 is 0 Å². The van der Waals surface area contributed by atoms with Crippen LogP contribution in [-0.2, 0) is 14.4 Å². The molecule has 0 rings (SSSR count). The Kier molecular flexibility index (Phi) is 4.53. The van der Waals surface area contributed by atoms with Crippen molar-refractivity contribution >= 4 is 18.9 Å². The summed E-state index contributed by atoms with van der Waals surface area (Å²) in [5.74, 6) is 0. The van der Waals surface area contributed by atoms with Crippen molar-refractivity contribution in [2.24, 2.45) is 5.41 Å². The van der Waals surface area contributed by atoms with Crippen LogP contribution in [0.3, 0.4) is 0 Å². The molecule has 64 valence electrons. The van der Waals surface area contributed by atoms with Gasteiger partial charge in [-0.15, -0.1) is 0 Å². The van der Waals surface area contributed by atoms with Gasteiger partial charge in [0.05, 0.1) is 0 Å². The molecular formula is C9H10O3. The first-order valence-corrected chi connectivity index (χ1v) is 3.44. The molecule has 0 unspecified atom stereocenters. The lowest BCUT2D eigenvalue weighted by atomic mass is 9.94. The van der Waals surface area contributed by atoms with Crippen molar-refractivity contribution in [3.05, 3.63) is 24.3 Å². The number of aldehydes is 3. The second kappa shape index (κ2) is 5.18. The Bertz CT molecular complexity index is 204. The molecule has 0 bridgehead atoms. The highest BCUT2D eigenvalue weighted by atomic mass is 16.2. The van der Waals surface area contributed by atoms with Gasteiger partial charge in [-0.2, -0.15) is 0 Å². The molecule has 3 nitrogen and oxygen atoms in total. The molecule has 0 aliphatic rings. The molecule has 0 aliphatic heterocycles. The van der Waals surface area contributed by atoms with Crippen LogP contribution in [0.15, 0.2) is 24.3 Å². The summed E-state index contributed by atoms with van der Waals surface area (Å²) < 4.78 is 0. The highest BCUT2D eigenvalue weighted by molar-refractivity contribution is 6.04. The van der Waals surface area contributed by atoms with Crippen LogP contribution in [0.25, 0.3) is 0 Å². The third-order valence-corrected chi connectivity index (χ3v) is 1.30. The molecule has 0 saturated carbocycles. The summed E-state index contributed by atoms with van der Waals surface area (Å²) in [6.07, 6.45) is 7.02. The third kappa shape index (κ3) is 2.62.